The number of carbonyl (C=O) groups excluding carboxylic acids is 1. The Morgan fingerprint density at radius 3 is 2.54 bits per heavy atom. The summed E-state index contributed by atoms with van der Waals surface area (Å²) in [7, 11) is 0. The highest BCUT2D eigenvalue weighted by Gasteiger charge is 2.54. The summed E-state index contributed by atoms with van der Waals surface area (Å²) in [6.07, 6.45) is -7.62. The Balaban J connectivity index is 1.32. The monoisotopic (exact) mass is 578 g/mol. The van der Waals surface area contributed by atoms with Crippen LogP contribution in [0.4, 0.5) is 31.1 Å². The first-order valence-electron chi connectivity index (χ1n) is 13.6. The average Bonchev–Trinajstić information content (AvgIpc) is 3.21. The molecule has 1 N–H and O–H groups in total. The molecule has 5 nitrogen and oxygen atoms in total. The highest BCUT2D eigenvalue weighted by atomic mass is 19.4. The number of nitrogens with one attached hydrogen (secondary N) is 1. The maximum absolute atomic E-state index is 14.0. The molecule has 3 unspecified atom stereocenters. The lowest BCUT2D eigenvalue weighted by atomic mass is 9.92. The van der Waals surface area contributed by atoms with Crippen molar-refractivity contribution in [2.45, 2.75) is 69.6 Å². The SMILES string of the molecule is Cc1c(OC(=O)NC2C3CCc4ccccc4C32)cc(-c2cc(C(F)(F)F)ccc2C(F)(F)F)n1C[C@H]1CCCO1. The predicted molar refractivity (Wildman–Crippen MR) is 138 cm³/mol. The first-order valence-corrected chi connectivity index (χ1v) is 13.6. The summed E-state index contributed by atoms with van der Waals surface area (Å²) in [5.41, 5.74) is -0.441. The summed E-state index contributed by atoms with van der Waals surface area (Å²) in [5, 5.41) is 2.89. The van der Waals surface area contributed by atoms with E-state index >= 15 is 0 Å². The van der Waals surface area contributed by atoms with E-state index in [2.05, 4.69) is 11.4 Å². The van der Waals surface area contributed by atoms with E-state index in [0.717, 1.165) is 19.3 Å². The van der Waals surface area contributed by atoms with Crippen LogP contribution in [0.25, 0.3) is 11.3 Å². The van der Waals surface area contributed by atoms with Crippen molar-refractivity contribution in [3.8, 4) is 17.0 Å². The van der Waals surface area contributed by atoms with Gasteiger partial charge in [-0.2, -0.15) is 26.3 Å². The molecule has 1 amide bonds. The zero-order chi connectivity index (χ0) is 29.1. The lowest BCUT2D eigenvalue weighted by Gasteiger charge is -2.20. The number of halogens is 6. The molecule has 0 bridgehead atoms. The van der Waals surface area contributed by atoms with Gasteiger partial charge in [0.1, 0.15) is 0 Å². The molecule has 2 fully saturated rings. The molecule has 2 aromatic carbocycles. The molecular weight excluding hydrogens is 550 g/mol. The number of carbonyl (C=O) groups is 1. The standard InChI is InChI=1S/C30H28F6N2O3/c1-16-25(41-28(39)37-27-21-10-8-17-5-2-3-7-20(17)26(21)27)14-24(38(16)15-19-6-4-12-40-19)22-13-18(29(31,32)33)9-11-23(22)30(34,35)36/h2-3,5,7,9,11,13-14,19,21,26-27H,4,6,8,10,12,15H2,1H3,(H,37,39)/t19-,21?,26?,27?/m1/s1. The van der Waals surface area contributed by atoms with Crippen LogP contribution in [0.2, 0.25) is 0 Å². The fraction of sp³-hybridized carbons (Fsp3) is 0.433. The van der Waals surface area contributed by atoms with E-state index in [0.29, 0.717) is 36.9 Å². The fourth-order valence-corrected chi connectivity index (χ4v) is 6.38. The van der Waals surface area contributed by atoms with Crippen molar-refractivity contribution in [2.75, 3.05) is 6.61 Å². The van der Waals surface area contributed by atoms with E-state index in [4.69, 9.17) is 9.47 Å². The number of nitrogens with zero attached hydrogens (tertiary/aromatic N) is 1. The zero-order valence-corrected chi connectivity index (χ0v) is 22.1. The molecule has 1 aromatic heterocycles. The van der Waals surface area contributed by atoms with Crippen LogP contribution in [0.15, 0.2) is 48.5 Å². The molecule has 1 saturated heterocycles. The third kappa shape index (κ3) is 5.31. The van der Waals surface area contributed by atoms with Crippen LogP contribution < -0.4 is 10.1 Å². The second-order valence-corrected chi connectivity index (χ2v) is 11.0. The Bertz CT molecular complexity index is 1470. The predicted octanol–water partition coefficient (Wildman–Crippen LogP) is 7.50. The van der Waals surface area contributed by atoms with Gasteiger partial charge in [-0.25, -0.2) is 4.79 Å². The van der Waals surface area contributed by atoms with Crippen molar-refractivity contribution < 1.29 is 40.6 Å². The molecule has 6 rings (SSSR count). The minimum Gasteiger partial charge on any atom is -0.408 e. The third-order valence-corrected chi connectivity index (χ3v) is 8.48. The minimum atomic E-state index is -4.91. The minimum absolute atomic E-state index is 0.0231. The number of aryl methyl sites for hydroxylation is 1. The zero-order valence-electron chi connectivity index (χ0n) is 22.1. The molecule has 41 heavy (non-hydrogen) atoms. The first-order chi connectivity index (χ1) is 19.4. The van der Waals surface area contributed by atoms with Gasteiger partial charge in [-0.15, -0.1) is 0 Å². The van der Waals surface area contributed by atoms with Gasteiger partial charge < -0.3 is 19.4 Å². The molecule has 4 atom stereocenters. The Morgan fingerprint density at radius 1 is 1.05 bits per heavy atom. The van der Waals surface area contributed by atoms with Gasteiger partial charge in [-0.1, -0.05) is 24.3 Å². The first kappa shape index (κ1) is 27.7. The van der Waals surface area contributed by atoms with Gasteiger partial charge >= 0.3 is 18.4 Å². The van der Waals surface area contributed by atoms with E-state index in [1.165, 1.54) is 21.8 Å². The second kappa shape index (κ2) is 10.1. The Hall–Kier alpha value is -3.47. The van der Waals surface area contributed by atoms with Crippen LogP contribution in [0.1, 0.15) is 53.1 Å². The number of aromatic nitrogens is 1. The smallest absolute Gasteiger partial charge is 0.408 e. The summed E-state index contributed by atoms with van der Waals surface area (Å²) in [6.45, 7) is 2.15. The Kier molecular flexibility index (Phi) is 6.83. The number of rotatable bonds is 5. The number of alkyl halides is 6. The number of fused-ring (bicyclic) bond motifs is 3. The Morgan fingerprint density at radius 2 is 1.83 bits per heavy atom. The molecule has 218 valence electrons. The maximum atomic E-state index is 14.0. The normalized spacial score (nSPS) is 23.6. The van der Waals surface area contributed by atoms with E-state index in [1.807, 2.05) is 18.2 Å². The number of benzene rings is 2. The van der Waals surface area contributed by atoms with Gasteiger partial charge in [0.15, 0.2) is 5.75 Å². The van der Waals surface area contributed by atoms with E-state index in [-0.39, 0.29) is 42.0 Å². The van der Waals surface area contributed by atoms with Crippen molar-refractivity contribution in [3.63, 3.8) is 0 Å². The molecule has 0 spiro atoms. The molecule has 2 aliphatic carbocycles. The molecule has 3 aliphatic rings. The van der Waals surface area contributed by atoms with Gasteiger partial charge in [-0.05, 0) is 67.9 Å². The lowest BCUT2D eigenvalue weighted by Crippen LogP contribution is -2.30. The van der Waals surface area contributed by atoms with Crippen molar-refractivity contribution in [3.05, 3.63) is 76.5 Å². The lowest BCUT2D eigenvalue weighted by molar-refractivity contribution is -0.141. The van der Waals surface area contributed by atoms with Crippen LogP contribution in [-0.4, -0.2) is 29.4 Å². The third-order valence-electron chi connectivity index (χ3n) is 8.48. The highest BCUT2D eigenvalue weighted by molar-refractivity contribution is 5.75. The van der Waals surface area contributed by atoms with Crippen LogP contribution in [0.3, 0.4) is 0 Å². The van der Waals surface area contributed by atoms with E-state index in [1.54, 1.807) is 6.92 Å². The quantitative estimate of drug-likeness (QED) is 0.319. The number of ether oxygens (including phenoxy) is 2. The molecule has 2 heterocycles. The van der Waals surface area contributed by atoms with E-state index in [9.17, 15) is 31.1 Å². The van der Waals surface area contributed by atoms with Gasteiger partial charge in [0.2, 0.25) is 0 Å². The van der Waals surface area contributed by atoms with Crippen LogP contribution in [0, 0.1) is 12.8 Å². The summed E-state index contributed by atoms with van der Waals surface area (Å²) < 4.78 is 95.4. The molecule has 11 heteroatoms. The molecule has 1 aliphatic heterocycles. The molecule has 0 radical (unpaired) electrons. The number of hydrogen-bond acceptors (Lipinski definition) is 3. The summed E-state index contributed by atoms with van der Waals surface area (Å²) in [6, 6.07) is 10.5. The molecule has 3 aromatic rings. The fourth-order valence-electron chi connectivity index (χ4n) is 6.38. The summed E-state index contributed by atoms with van der Waals surface area (Å²) >= 11 is 0. The van der Waals surface area contributed by atoms with Crippen LogP contribution in [-0.2, 0) is 30.1 Å². The van der Waals surface area contributed by atoms with E-state index < -0.39 is 35.1 Å². The second-order valence-electron chi connectivity index (χ2n) is 11.0. The van der Waals surface area contributed by atoms with Gasteiger partial charge in [0.05, 0.1) is 28.6 Å². The summed E-state index contributed by atoms with van der Waals surface area (Å²) in [5.74, 6) is 0.426. The largest absolute Gasteiger partial charge is 0.417 e. The van der Waals surface area contributed by atoms with Crippen molar-refractivity contribution in [1.29, 1.82) is 0 Å². The number of amides is 1. The maximum Gasteiger partial charge on any atom is 0.417 e. The Labute approximate surface area is 232 Å². The highest BCUT2D eigenvalue weighted by Crippen LogP contribution is 2.54. The van der Waals surface area contributed by atoms with Crippen LogP contribution in [0.5, 0.6) is 5.75 Å². The topological polar surface area (TPSA) is 52.5 Å². The van der Waals surface area contributed by atoms with Crippen molar-refractivity contribution in [2.24, 2.45) is 5.92 Å². The molecule has 1 saturated carbocycles. The van der Waals surface area contributed by atoms with Crippen LogP contribution >= 0.6 is 0 Å². The van der Waals surface area contributed by atoms with Gasteiger partial charge in [0.25, 0.3) is 0 Å². The number of hydrogen-bond donors (Lipinski definition) is 1. The van der Waals surface area contributed by atoms with Crippen molar-refractivity contribution in [1.82, 2.24) is 9.88 Å². The van der Waals surface area contributed by atoms with Crippen molar-refractivity contribution >= 4 is 6.09 Å². The average molecular weight is 579 g/mol. The summed E-state index contributed by atoms with van der Waals surface area (Å²) in [4.78, 5) is 13.0. The molecular formula is C30H28F6N2O3. The van der Waals surface area contributed by atoms with Gasteiger partial charge in [0, 0.05) is 36.7 Å². The van der Waals surface area contributed by atoms with Gasteiger partial charge in [-0.3, -0.25) is 0 Å².